The number of thiophene rings is 1. The van der Waals surface area contributed by atoms with E-state index in [2.05, 4.69) is 5.32 Å². The van der Waals surface area contributed by atoms with E-state index in [0.717, 1.165) is 5.56 Å². The van der Waals surface area contributed by atoms with Gasteiger partial charge in [-0.1, -0.05) is 42.0 Å². The van der Waals surface area contributed by atoms with Crippen LogP contribution in [0.2, 0.25) is 0 Å². The normalized spacial score (nSPS) is 18.4. The number of carbonyl (C=O) groups is 2. The molecular weight excluding hydrogens is 389 g/mol. The lowest BCUT2D eigenvalue weighted by Gasteiger charge is -2.32. The molecule has 3 aromatic rings. The van der Waals surface area contributed by atoms with Crippen LogP contribution in [0.4, 0.5) is 9.39 Å². The van der Waals surface area contributed by atoms with Crippen LogP contribution in [-0.4, -0.2) is 18.8 Å². The molecule has 1 aliphatic rings. The van der Waals surface area contributed by atoms with Crippen molar-refractivity contribution >= 4 is 28.0 Å². The predicted octanol–water partition coefficient (Wildman–Crippen LogP) is 5.27. The maximum atomic E-state index is 14.6. The van der Waals surface area contributed by atoms with E-state index in [1.165, 1.54) is 18.4 Å². The number of Topliss-reactive ketones (excluding diaryl/α,β-unsaturated/α-hetero) is 1. The van der Waals surface area contributed by atoms with Crippen molar-refractivity contribution in [3.8, 4) is 16.9 Å². The Morgan fingerprint density at radius 1 is 1.03 bits per heavy atom. The third-order valence-electron chi connectivity index (χ3n) is 5.57. The fourth-order valence-corrected chi connectivity index (χ4v) is 4.62. The fourth-order valence-electron chi connectivity index (χ4n) is 3.67. The maximum Gasteiger partial charge on any atom is 0.243 e. The third kappa shape index (κ3) is 2.78. The molecule has 6 heteroatoms. The number of fused-ring (bicyclic) bond motifs is 1. The van der Waals surface area contributed by atoms with Gasteiger partial charge in [0, 0.05) is 16.5 Å². The first-order chi connectivity index (χ1) is 13.8. The molecule has 0 bridgehead atoms. The topological polar surface area (TPSA) is 55.4 Å². The number of anilines is 1. The molecule has 1 aromatic heterocycles. The molecule has 4 rings (SSSR count). The van der Waals surface area contributed by atoms with Crippen molar-refractivity contribution in [3.63, 3.8) is 0 Å². The van der Waals surface area contributed by atoms with Crippen LogP contribution in [0.15, 0.2) is 41.8 Å². The summed E-state index contributed by atoms with van der Waals surface area (Å²) in [6.45, 7) is 5.24. The van der Waals surface area contributed by atoms with Crippen molar-refractivity contribution in [1.82, 2.24) is 0 Å². The van der Waals surface area contributed by atoms with Crippen molar-refractivity contribution in [2.45, 2.75) is 26.2 Å². The van der Waals surface area contributed by atoms with Gasteiger partial charge in [0.25, 0.3) is 0 Å². The third-order valence-corrected chi connectivity index (χ3v) is 6.46. The van der Waals surface area contributed by atoms with Crippen LogP contribution in [0.25, 0.3) is 11.1 Å². The van der Waals surface area contributed by atoms with Gasteiger partial charge in [-0.05, 0) is 31.9 Å². The Bertz CT molecular complexity index is 1150. The molecule has 0 aliphatic carbocycles. The molecule has 2 heterocycles. The number of hydrogen-bond acceptors (Lipinski definition) is 4. The van der Waals surface area contributed by atoms with Gasteiger partial charge in [-0.15, -0.1) is 11.3 Å². The quantitative estimate of drug-likeness (QED) is 0.600. The molecule has 148 valence electrons. The first kappa shape index (κ1) is 19.3. The lowest BCUT2D eigenvalue weighted by Crippen LogP contribution is -2.48. The number of carbonyl (C=O) groups excluding carboxylic acids is 2. The van der Waals surface area contributed by atoms with Gasteiger partial charge in [0.15, 0.2) is 17.3 Å². The van der Waals surface area contributed by atoms with Gasteiger partial charge in [0.05, 0.1) is 12.7 Å². The van der Waals surface area contributed by atoms with E-state index < -0.39 is 11.2 Å². The van der Waals surface area contributed by atoms with Gasteiger partial charge >= 0.3 is 0 Å². The number of benzene rings is 2. The largest absolute Gasteiger partial charge is 0.493 e. The Labute approximate surface area is 172 Å². The monoisotopic (exact) mass is 409 g/mol. The van der Waals surface area contributed by atoms with Crippen LogP contribution in [0.5, 0.6) is 5.75 Å². The summed E-state index contributed by atoms with van der Waals surface area (Å²) < 4.78 is 19.9. The molecule has 2 aromatic carbocycles. The summed E-state index contributed by atoms with van der Waals surface area (Å²) >= 11 is 1.25. The minimum Gasteiger partial charge on any atom is -0.493 e. The molecule has 0 saturated carbocycles. The number of ketones is 1. The van der Waals surface area contributed by atoms with E-state index in [1.807, 2.05) is 19.1 Å². The highest BCUT2D eigenvalue weighted by Gasteiger charge is 2.49. The van der Waals surface area contributed by atoms with E-state index in [0.29, 0.717) is 32.8 Å². The average molecular weight is 409 g/mol. The van der Waals surface area contributed by atoms with Crippen LogP contribution in [0.3, 0.4) is 0 Å². The van der Waals surface area contributed by atoms with E-state index in [1.54, 1.807) is 43.5 Å². The van der Waals surface area contributed by atoms with Crippen molar-refractivity contribution in [2.24, 2.45) is 0 Å². The SMILES string of the molecule is COc1c(-c2csc3c2C(=O)C(C)(c2ccc(C)cc2)C(=O)N3)ccc(C)c1F. The number of rotatable bonds is 3. The van der Waals surface area contributed by atoms with Crippen LogP contribution in [0.1, 0.15) is 34.0 Å². The smallest absolute Gasteiger partial charge is 0.243 e. The Balaban J connectivity index is 1.91. The summed E-state index contributed by atoms with van der Waals surface area (Å²) in [6, 6.07) is 10.8. The van der Waals surface area contributed by atoms with E-state index in [4.69, 9.17) is 4.74 Å². The lowest BCUT2D eigenvalue weighted by atomic mass is 9.72. The van der Waals surface area contributed by atoms with Crippen LogP contribution >= 0.6 is 11.3 Å². The minimum atomic E-state index is -1.37. The minimum absolute atomic E-state index is 0.0901. The van der Waals surface area contributed by atoms with Gasteiger partial charge < -0.3 is 10.1 Å². The molecule has 1 aliphatic heterocycles. The maximum absolute atomic E-state index is 14.6. The summed E-state index contributed by atoms with van der Waals surface area (Å²) in [4.78, 5) is 26.6. The molecule has 0 saturated heterocycles. The number of aryl methyl sites for hydroxylation is 2. The van der Waals surface area contributed by atoms with Crippen LogP contribution in [0, 0.1) is 19.7 Å². The number of amides is 1. The van der Waals surface area contributed by atoms with E-state index in [-0.39, 0.29) is 17.4 Å². The molecule has 1 N–H and O–H groups in total. The summed E-state index contributed by atoms with van der Waals surface area (Å²) in [5, 5.41) is 5.11. The number of ether oxygens (including phenoxy) is 1. The van der Waals surface area contributed by atoms with Crippen LogP contribution < -0.4 is 10.1 Å². The predicted molar refractivity (Wildman–Crippen MR) is 112 cm³/mol. The summed E-state index contributed by atoms with van der Waals surface area (Å²) in [5.41, 5.74) is 2.19. The van der Waals surface area contributed by atoms with Gasteiger partial charge in [0.1, 0.15) is 10.4 Å². The number of halogens is 1. The van der Waals surface area contributed by atoms with Gasteiger partial charge in [-0.2, -0.15) is 0 Å². The molecule has 1 unspecified atom stereocenters. The first-order valence-electron chi connectivity index (χ1n) is 9.17. The first-order valence-corrected chi connectivity index (χ1v) is 10.0. The number of methoxy groups -OCH3 is 1. The van der Waals surface area contributed by atoms with Gasteiger partial charge in [-0.3, -0.25) is 9.59 Å². The second kappa shape index (κ2) is 6.81. The van der Waals surface area contributed by atoms with Gasteiger partial charge in [0.2, 0.25) is 5.91 Å². The van der Waals surface area contributed by atoms with Crippen molar-refractivity contribution in [1.29, 1.82) is 0 Å². The van der Waals surface area contributed by atoms with Crippen molar-refractivity contribution in [3.05, 3.63) is 69.8 Å². The Morgan fingerprint density at radius 2 is 1.72 bits per heavy atom. The van der Waals surface area contributed by atoms with Gasteiger partial charge in [-0.25, -0.2) is 4.39 Å². The van der Waals surface area contributed by atoms with Crippen LogP contribution in [-0.2, 0) is 10.2 Å². The molecule has 0 spiro atoms. The summed E-state index contributed by atoms with van der Waals surface area (Å²) in [6.07, 6.45) is 0. The molecule has 4 nitrogen and oxygen atoms in total. The molecule has 1 atom stereocenters. The molecule has 29 heavy (non-hydrogen) atoms. The highest BCUT2D eigenvalue weighted by Crippen LogP contribution is 2.47. The highest BCUT2D eigenvalue weighted by molar-refractivity contribution is 7.15. The number of hydrogen-bond donors (Lipinski definition) is 1. The molecular formula is C23H20FNO3S. The van der Waals surface area contributed by atoms with E-state index in [9.17, 15) is 14.0 Å². The zero-order valence-electron chi connectivity index (χ0n) is 16.6. The summed E-state index contributed by atoms with van der Waals surface area (Å²) in [5.74, 6) is -1.04. The van der Waals surface area contributed by atoms with E-state index >= 15 is 0 Å². The second-order valence-electron chi connectivity index (χ2n) is 7.41. The second-order valence-corrected chi connectivity index (χ2v) is 8.28. The van der Waals surface area contributed by atoms with Crippen molar-refractivity contribution < 1.29 is 18.7 Å². The van der Waals surface area contributed by atoms with Crippen molar-refractivity contribution in [2.75, 3.05) is 12.4 Å². The standard InChI is InChI=1S/C23H20FNO3S/c1-12-5-8-14(9-6-12)23(3)20(26)17-16(11-29-21(17)25-22(23)27)15-10-7-13(2)18(24)19(15)28-4/h5-11H,1-4H3,(H,25,27). The number of nitrogens with one attached hydrogen (secondary N) is 1. The molecule has 0 fully saturated rings. The molecule has 0 radical (unpaired) electrons. The highest BCUT2D eigenvalue weighted by atomic mass is 32.1. The zero-order chi connectivity index (χ0) is 20.9. The Morgan fingerprint density at radius 3 is 2.38 bits per heavy atom. The Kier molecular flexibility index (Phi) is 4.54. The Hall–Kier alpha value is -2.99. The zero-order valence-corrected chi connectivity index (χ0v) is 17.4. The summed E-state index contributed by atoms with van der Waals surface area (Å²) in [7, 11) is 1.40. The molecule has 1 amide bonds. The average Bonchev–Trinajstić information content (AvgIpc) is 3.12. The lowest BCUT2D eigenvalue weighted by molar-refractivity contribution is -0.119. The fraction of sp³-hybridized carbons (Fsp3) is 0.217.